The van der Waals surface area contributed by atoms with Crippen LogP contribution >= 0.6 is 0 Å². The number of para-hydroxylation sites is 1. The molecular formula is C12H19NO2S. The van der Waals surface area contributed by atoms with Crippen molar-refractivity contribution in [1.29, 1.82) is 0 Å². The Kier molecular flexibility index (Phi) is 4.80. The van der Waals surface area contributed by atoms with Crippen LogP contribution in [0.5, 0.6) is 0 Å². The average molecular weight is 241 g/mol. The van der Waals surface area contributed by atoms with Crippen LogP contribution in [-0.4, -0.2) is 26.5 Å². The van der Waals surface area contributed by atoms with Crippen molar-refractivity contribution in [2.45, 2.75) is 13.8 Å². The fourth-order valence-electron chi connectivity index (χ4n) is 1.50. The van der Waals surface area contributed by atoms with Gasteiger partial charge in [0.05, 0.1) is 11.5 Å². The van der Waals surface area contributed by atoms with E-state index in [-0.39, 0.29) is 17.4 Å². The lowest BCUT2D eigenvalue weighted by Crippen LogP contribution is -2.20. The van der Waals surface area contributed by atoms with Crippen LogP contribution in [-0.2, 0) is 9.84 Å². The van der Waals surface area contributed by atoms with Crippen molar-refractivity contribution in [1.82, 2.24) is 0 Å². The van der Waals surface area contributed by atoms with E-state index < -0.39 is 9.84 Å². The number of rotatable bonds is 6. The zero-order valence-electron chi connectivity index (χ0n) is 9.81. The molecular weight excluding hydrogens is 222 g/mol. The minimum absolute atomic E-state index is 0.195. The largest absolute Gasteiger partial charge is 0.384 e. The number of nitrogens with one attached hydrogen (secondary N) is 1. The number of anilines is 1. The molecule has 90 valence electrons. The van der Waals surface area contributed by atoms with E-state index in [1.54, 1.807) is 0 Å². The lowest BCUT2D eigenvalue weighted by atomic mass is 10.3. The van der Waals surface area contributed by atoms with Crippen molar-refractivity contribution in [3.05, 3.63) is 30.3 Å². The average Bonchev–Trinajstić information content (AvgIpc) is 2.16. The first-order valence-corrected chi connectivity index (χ1v) is 7.31. The van der Waals surface area contributed by atoms with E-state index in [4.69, 9.17) is 0 Å². The maximum Gasteiger partial charge on any atom is 0.152 e. The highest BCUT2D eigenvalue weighted by Crippen LogP contribution is 2.05. The summed E-state index contributed by atoms with van der Waals surface area (Å²) in [4.78, 5) is 0. The Morgan fingerprint density at radius 3 is 2.38 bits per heavy atom. The van der Waals surface area contributed by atoms with E-state index >= 15 is 0 Å². The number of hydrogen-bond acceptors (Lipinski definition) is 3. The van der Waals surface area contributed by atoms with Gasteiger partial charge in [0.15, 0.2) is 9.84 Å². The van der Waals surface area contributed by atoms with E-state index in [2.05, 4.69) is 5.32 Å². The Balaban J connectivity index is 2.36. The Morgan fingerprint density at radius 2 is 1.81 bits per heavy atom. The minimum Gasteiger partial charge on any atom is -0.384 e. The summed E-state index contributed by atoms with van der Waals surface area (Å²) < 4.78 is 23.2. The summed E-state index contributed by atoms with van der Waals surface area (Å²) >= 11 is 0. The van der Waals surface area contributed by atoms with Crippen molar-refractivity contribution in [2.75, 3.05) is 23.4 Å². The molecule has 0 radical (unpaired) electrons. The molecule has 1 aromatic rings. The minimum atomic E-state index is -2.91. The fourth-order valence-corrected chi connectivity index (χ4v) is 3.09. The molecule has 0 saturated heterocycles. The summed E-state index contributed by atoms with van der Waals surface area (Å²) in [5, 5.41) is 3.09. The first-order chi connectivity index (χ1) is 7.49. The van der Waals surface area contributed by atoms with E-state index in [9.17, 15) is 8.42 Å². The first-order valence-electron chi connectivity index (χ1n) is 5.49. The van der Waals surface area contributed by atoms with Gasteiger partial charge in [-0.2, -0.15) is 0 Å². The van der Waals surface area contributed by atoms with Crippen LogP contribution in [0.15, 0.2) is 30.3 Å². The molecule has 0 aliphatic heterocycles. The topological polar surface area (TPSA) is 46.2 Å². The second kappa shape index (κ2) is 5.89. The molecule has 1 rings (SSSR count). The molecule has 0 spiro atoms. The van der Waals surface area contributed by atoms with Gasteiger partial charge in [-0.15, -0.1) is 0 Å². The number of sulfone groups is 1. The van der Waals surface area contributed by atoms with Gasteiger partial charge in [0.25, 0.3) is 0 Å². The predicted molar refractivity (Wildman–Crippen MR) is 68.4 cm³/mol. The number of benzene rings is 1. The van der Waals surface area contributed by atoms with Crippen LogP contribution in [0.4, 0.5) is 5.69 Å². The molecule has 16 heavy (non-hydrogen) atoms. The van der Waals surface area contributed by atoms with Crippen molar-refractivity contribution in [2.24, 2.45) is 5.92 Å². The van der Waals surface area contributed by atoms with Crippen LogP contribution < -0.4 is 5.32 Å². The lowest BCUT2D eigenvalue weighted by molar-refractivity contribution is 0.583. The summed E-state index contributed by atoms with van der Waals surface area (Å²) in [6.45, 7) is 4.31. The molecule has 0 aromatic heterocycles. The summed E-state index contributed by atoms with van der Waals surface area (Å²) in [5.74, 6) is 0.658. The first kappa shape index (κ1) is 13.0. The molecule has 1 N–H and O–H groups in total. The molecule has 0 fully saturated rings. The third-order valence-electron chi connectivity index (χ3n) is 2.10. The third kappa shape index (κ3) is 5.16. The Hall–Kier alpha value is -1.03. The molecule has 0 aliphatic rings. The second-order valence-corrected chi connectivity index (χ2v) is 6.53. The smallest absolute Gasteiger partial charge is 0.152 e. The van der Waals surface area contributed by atoms with Gasteiger partial charge in [0, 0.05) is 12.2 Å². The van der Waals surface area contributed by atoms with E-state index in [1.807, 2.05) is 44.2 Å². The maximum absolute atomic E-state index is 11.6. The maximum atomic E-state index is 11.6. The zero-order chi connectivity index (χ0) is 12.0. The standard InChI is InChI=1S/C12H19NO2S/c1-11(2)10-16(14,15)9-8-13-12-6-4-3-5-7-12/h3-7,11,13H,8-10H2,1-2H3. The number of hydrogen-bond donors (Lipinski definition) is 1. The van der Waals surface area contributed by atoms with Crippen LogP contribution in [0.2, 0.25) is 0 Å². The van der Waals surface area contributed by atoms with Gasteiger partial charge in [0.2, 0.25) is 0 Å². The predicted octanol–water partition coefficient (Wildman–Crippen LogP) is 2.17. The molecule has 0 unspecified atom stereocenters. The highest BCUT2D eigenvalue weighted by molar-refractivity contribution is 7.91. The molecule has 0 saturated carbocycles. The normalized spacial score (nSPS) is 11.7. The monoisotopic (exact) mass is 241 g/mol. The van der Waals surface area contributed by atoms with Crippen LogP contribution in [0.3, 0.4) is 0 Å². The van der Waals surface area contributed by atoms with Gasteiger partial charge in [0.1, 0.15) is 0 Å². The summed E-state index contributed by atoms with van der Waals surface area (Å²) in [6.07, 6.45) is 0. The Labute approximate surface area is 97.8 Å². The van der Waals surface area contributed by atoms with Gasteiger partial charge in [-0.25, -0.2) is 8.42 Å². The molecule has 1 aromatic carbocycles. The third-order valence-corrected chi connectivity index (χ3v) is 4.10. The van der Waals surface area contributed by atoms with Crippen molar-refractivity contribution in [3.8, 4) is 0 Å². The molecule has 0 bridgehead atoms. The second-order valence-electron chi connectivity index (χ2n) is 4.30. The van der Waals surface area contributed by atoms with Crippen LogP contribution in [0, 0.1) is 5.92 Å². The SMILES string of the molecule is CC(C)CS(=O)(=O)CCNc1ccccc1. The molecule has 4 heteroatoms. The summed E-state index contributed by atoms with van der Waals surface area (Å²) in [5.41, 5.74) is 0.960. The van der Waals surface area contributed by atoms with Crippen molar-refractivity contribution < 1.29 is 8.42 Å². The van der Waals surface area contributed by atoms with Crippen molar-refractivity contribution >= 4 is 15.5 Å². The quantitative estimate of drug-likeness (QED) is 0.830. The van der Waals surface area contributed by atoms with Crippen LogP contribution in [0.1, 0.15) is 13.8 Å². The van der Waals surface area contributed by atoms with E-state index in [0.717, 1.165) is 5.69 Å². The zero-order valence-corrected chi connectivity index (χ0v) is 10.6. The highest BCUT2D eigenvalue weighted by Gasteiger charge is 2.12. The van der Waals surface area contributed by atoms with Gasteiger partial charge >= 0.3 is 0 Å². The Morgan fingerprint density at radius 1 is 1.19 bits per heavy atom. The van der Waals surface area contributed by atoms with Crippen molar-refractivity contribution in [3.63, 3.8) is 0 Å². The summed E-state index contributed by atoms with van der Waals surface area (Å²) in [6, 6.07) is 9.63. The molecule has 0 aliphatic carbocycles. The van der Waals surface area contributed by atoms with Gasteiger partial charge < -0.3 is 5.32 Å². The Bertz CT molecular complexity index is 398. The fraction of sp³-hybridized carbons (Fsp3) is 0.500. The molecule has 0 heterocycles. The summed E-state index contributed by atoms with van der Waals surface area (Å²) in [7, 11) is -2.91. The molecule has 0 atom stereocenters. The van der Waals surface area contributed by atoms with Gasteiger partial charge in [-0.05, 0) is 18.1 Å². The van der Waals surface area contributed by atoms with E-state index in [0.29, 0.717) is 6.54 Å². The van der Waals surface area contributed by atoms with Gasteiger partial charge in [-0.3, -0.25) is 0 Å². The van der Waals surface area contributed by atoms with Crippen LogP contribution in [0.25, 0.3) is 0 Å². The molecule has 0 amide bonds. The van der Waals surface area contributed by atoms with Gasteiger partial charge in [-0.1, -0.05) is 32.0 Å². The highest BCUT2D eigenvalue weighted by atomic mass is 32.2. The molecule has 3 nitrogen and oxygen atoms in total. The van der Waals surface area contributed by atoms with E-state index in [1.165, 1.54) is 0 Å². The lowest BCUT2D eigenvalue weighted by Gasteiger charge is -2.08.